The van der Waals surface area contributed by atoms with E-state index in [1.165, 1.54) is 24.8 Å². The number of hydrogen-bond donors (Lipinski definition) is 1. The molecule has 2 nitrogen and oxygen atoms in total. The van der Waals surface area contributed by atoms with Crippen molar-refractivity contribution < 1.29 is 4.74 Å². The fraction of sp³-hybridized carbons (Fsp3) is 0.600. The molecule has 0 fully saturated rings. The summed E-state index contributed by atoms with van der Waals surface area (Å²) in [6, 6.07) is 6.16. The van der Waals surface area contributed by atoms with Crippen molar-refractivity contribution in [2.75, 3.05) is 19.7 Å². The van der Waals surface area contributed by atoms with Gasteiger partial charge in [-0.05, 0) is 63.4 Å². The molecule has 0 saturated carbocycles. The predicted octanol–water partition coefficient (Wildman–Crippen LogP) is 4.31. The quantitative estimate of drug-likeness (QED) is 0.686. The first kappa shape index (κ1) is 15.5. The second-order valence-corrected chi connectivity index (χ2v) is 5.48. The van der Waals surface area contributed by atoms with Crippen LogP contribution in [0.5, 0.6) is 5.75 Å². The Kier molecular flexibility index (Phi) is 8.10. The summed E-state index contributed by atoms with van der Waals surface area (Å²) in [5.41, 5.74) is 1.20. The summed E-state index contributed by atoms with van der Waals surface area (Å²) in [5.74, 6) is 0.994. The van der Waals surface area contributed by atoms with Crippen molar-refractivity contribution in [1.29, 1.82) is 0 Å². The van der Waals surface area contributed by atoms with Crippen molar-refractivity contribution in [3.63, 3.8) is 0 Å². The van der Waals surface area contributed by atoms with E-state index in [9.17, 15) is 0 Å². The number of hydrogen-bond acceptors (Lipinski definition) is 2. The lowest BCUT2D eigenvalue weighted by molar-refractivity contribution is 0.303. The van der Waals surface area contributed by atoms with Crippen LogP contribution in [0.2, 0.25) is 0 Å². The Labute approximate surface area is 119 Å². The number of aryl methyl sites for hydroxylation is 1. The Bertz CT molecular complexity index is 341. The second kappa shape index (κ2) is 9.40. The molecule has 0 aliphatic heterocycles. The molecule has 0 bridgehead atoms. The van der Waals surface area contributed by atoms with Gasteiger partial charge in [-0.2, -0.15) is 0 Å². The van der Waals surface area contributed by atoms with Crippen molar-refractivity contribution in [2.24, 2.45) is 0 Å². The first-order valence-electron chi connectivity index (χ1n) is 6.83. The van der Waals surface area contributed by atoms with Crippen molar-refractivity contribution in [1.82, 2.24) is 5.32 Å². The van der Waals surface area contributed by atoms with Gasteiger partial charge in [0.15, 0.2) is 0 Å². The van der Waals surface area contributed by atoms with Gasteiger partial charge in [-0.15, -0.1) is 0 Å². The van der Waals surface area contributed by atoms with Crippen LogP contribution in [-0.4, -0.2) is 19.7 Å². The molecular formula is C15H24BrNO. The minimum absolute atomic E-state index is 0.811. The Balaban J connectivity index is 2.09. The van der Waals surface area contributed by atoms with Crippen LogP contribution in [0.1, 0.15) is 38.2 Å². The second-order valence-electron chi connectivity index (χ2n) is 4.57. The lowest BCUT2D eigenvalue weighted by Gasteiger charge is -2.09. The Hall–Kier alpha value is -0.540. The van der Waals surface area contributed by atoms with E-state index in [2.05, 4.69) is 41.2 Å². The van der Waals surface area contributed by atoms with Gasteiger partial charge in [0.2, 0.25) is 0 Å². The summed E-state index contributed by atoms with van der Waals surface area (Å²) >= 11 is 3.47. The molecule has 1 aromatic carbocycles. The highest BCUT2D eigenvalue weighted by Crippen LogP contribution is 2.23. The third-order valence-corrected chi connectivity index (χ3v) is 3.33. The SMILES string of the molecule is CCCNCCCCCOc1cc(Br)ccc1C. The van der Waals surface area contributed by atoms with Crippen molar-refractivity contribution in [3.05, 3.63) is 28.2 Å². The summed E-state index contributed by atoms with van der Waals surface area (Å²) in [6.07, 6.45) is 4.80. The smallest absolute Gasteiger partial charge is 0.123 e. The molecule has 3 heteroatoms. The van der Waals surface area contributed by atoms with Crippen molar-refractivity contribution >= 4 is 15.9 Å². The van der Waals surface area contributed by atoms with Crippen molar-refractivity contribution in [3.8, 4) is 5.75 Å². The maximum absolute atomic E-state index is 5.79. The van der Waals surface area contributed by atoms with Gasteiger partial charge in [-0.25, -0.2) is 0 Å². The zero-order valence-corrected chi connectivity index (χ0v) is 13.1. The third-order valence-electron chi connectivity index (χ3n) is 2.83. The molecule has 1 aromatic rings. The summed E-state index contributed by atoms with van der Waals surface area (Å²) in [6.45, 7) is 7.35. The van der Waals surface area contributed by atoms with Gasteiger partial charge in [0.25, 0.3) is 0 Å². The molecule has 0 aliphatic rings. The molecule has 102 valence electrons. The fourth-order valence-electron chi connectivity index (χ4n) is 1.74. The molecule has 1 N–H and O–H groups in total. The van der Waals surface area contributed by atoms with E-state index in [0.29, 0.717) is 0 Å². The van der Waals surface area contributed by atoms with Gasteiger partial charge in [-0.1, -0.05) is 28.9 Å². The lowest BCUT2D eigenvalue weighted by atomic mass is 10.2. The van der Waals surface area contributed by atoms with Gasteiger partial charge in [0, 0.05) is 4.47 Å². The van der Waals surface area contributed by atoms with Crippen LogP contribution in [-0.2, 0) is 0 Å². The molecule has 1 rings (SSSR count). The van der Waals surface area contributed by atoms with Crippen LogP contribution in [0.4, 0.5) is 0 Å². The summed E-state index contributed by atoms with van der Waals surface area (Å²) in [7, 11) is 0. The highest BCUT2D eigenvalue weighted by atomic mass is 79.9. The van der Waals surface area contributed by atoms with E-state index in [4.69, 9.17) is 4.74 Å². The zero-order chi connectivity index (χ0) is 13.2. The molecule has 0 spiro atoms. The Morgan fingerprint density at radius 2 is 2.00 bits per heavy atom. The van der Waals surface area contributed by atoms with E-state index >= 15 is 0 Å². The standard InChI is InChI=1S/C15H24BrNO/c1-3-9-17-10-5-4-6-11-18-15-12-14(16)8-7-13(15)2/h7-8,12,17H,3-6,9-11H2,1-2H3. The highest BCUT2D eigenvalue weighted by molar-refractivity contribution is 9.10. The Morgan fingerprint density at radius 1 is 1.17 bits per heavy atom. The molecule has 18 heavy (non-hydrogen) atoms. The van der Waals surface area contributed by atoms with Crippen LogP contribution in [0.3, 0.4) is 0 Å². The minimum Gasteiger partial charge on any atom is -0.493 e. The molecule has 0 saturated heterocycles. The van der Waals surface area contributed by atoms with Crippen LogP contribution >= 0.6 is 15.9 Å². The van der Waals surface area contributed by atoms with Crippen LogP contribution in [0, 0.1) is 6.92 Å². The zero-order valence-electron chi connectivity index (χ0n) is 11.5. The minimum atomic E-state index is 0.811. The largest absolute Gasteiger partial charge is 0.493 e. The Morgan fingerprint density at radius 3 is 2.78 bits per heavy atom. The number of ether oxygens (including phenoxy) is 1. The summed E-state index contributed by atoms with van der Waals surface area (Å²) in [4.78, 5) is 0. The highest BCUT2D eigenvalue weighted by Gasteiger charge is 2.00. The van der Waals surface area contributed by atoms with Crippen LogP contribution < -0.4 is 10.1 Å². The van der Waals surface area contributed by atoms with Gasteiger partial charge >= 0.3 is 0 Å². The number of unbranched alkanes of at least 4 members (excludes halogenated alkanes) is 2. The third kappa shape index (κ3) is 6.41. The molecule has 0 aliphatic carbocycles. The van der Waals surface area contributed by atoms with Gasteiger partial charge < -0.3 is 10.1 Å². The van der Waals surface area contributed by atoms with Crippen molar-refractivity contribution in [2.45, 2.75) is 39.5 Å². The number of rotatable bonds is 9. The van der Waals surface area contributed by atoms with E-state index in [-0.39, 0.29) is 0 Å². The van der Waals surface area contributed by atoms with E-state index in [0.717, 1.165) is 36.3 Å². The van der Waals surface area contributed by atoms with E-state index in [1.807, 2.05) is 12.1 Å². The van der Waals surface area contributed by atoms with E-state index in [1.54, 1.807) is 0 Å². The lowest BCUT2D eigenvalue weighted by Crippen LogP contribution is -2.15. The summed E-state index contributed by atoms with van der Waals surface area (Å²) < 4.78 is 6.87. The fourth-order valence-corrected chi connectivity index (χ4v) is 2.08. The number of nitrogens with one attached hydrogen (secondary N) is 1. The first-order chi connectivity index (χ1) is 8.74. The van der Waals surface area contributed by atoms with Gasteiger partial charge in [0.05, 0.1) is 6.61 Å². The molecular weight excluding hydrogens is 290 g/mol. The average molecular weight is 314 g/mol. The number of halogens is 1. The topological polar surface area (TPSA) is 21.3 Å². The molecule has 0 atom stereocenters. The maximum Gasteiger partial charge on any atom is 0.123 e. The monoisotopic (exact) mass is 313 g/mol. The van der Waals surface area contributed by atoms with Gasteiger partial charge in [0.1, 0.15) is 5.75 Å². The molecule has 0 amide bonds. The summed E-state index contributed by atoms with van der Waals surface area (Å²) in [5, 5.41) is 3.41. The van der Waals surface area contributed by atoms with Gasteiger partial charge in [-0.3, -0.25) is 0 Å². The average Bonchev–Trinajstić information content (AvgIpc) is 2.36. The van der Waals surface area contributed by atoms with Crippen LogP contribution in [0.25, 0.3) is 0 Å². The number of benzene rings is 1. The first-order valence-corrected chi connectivity index (χ1v) is 7.63. The van der Waals surface area contributed by atoms with E-state index < -0.39 is 0 Å². The molecule has 0 unspecified atom stereocenters. The maximum atomic E-state index is 5.79. The predicted molar refractivity (Wildman–Crippen MR) is 81.4 cm³/mol. The molecule has 0 heterocycles. The molecule has 0 radical (unpaired) electrons. The normalized spacial score (nSPS) is 10.6. The molecule has 0 aromatic heterocycles. The van der Waals surface area contributed by atoms with Crippen LogP contribution in [0.15, 0.2) is 22.7 Å².